The number of carbonyl (C=O) groups is 2. The minimum atomic E-state index is -1.04. The number of amides is 1. The van der Waals surface area contributed by atoms with E-state index in [9.17, 15) is 14.7 Å². The Labute approximate surface area is 144 Å². The molecule has 23 heavy (non-hydrogen) atoms. The molecule has 0 saturated carbocycles. The van der Waals surface area contributed by atoms with E-state index in [1.807, 2.05) is 43.3 Å². The Hall–Kier alpha value is -1.92. The molecule has 0 spiro atoms. The van der Waals surface area contributed by atoms with E-state index in [0.29, 0.717) is 15.6 Å². The molecule has 1 heterocycles. The van der Waals surface area contributed by atoms with Crippen LogP contribution < -0.4 is 0 Å². The molecule has 0 aromatic heterocycles. The number of hydrogen-bond donors (Lipinski definition) is 1. The molecule has 4 nitrogen and oxygen atoms in total. The molecule has 0 unspecified atom stereocenters. The summed E-state index contributed by atoms with van der Waals surface area (Å²) in [6, 6.07) is 8.86. The van der Waals surface area contributed by atoms with Crippen LogP contribution in [0.25, 0.3) is 6.08 Å². The summed E-state index contributed by atoms with van der Waals surface area (Å²) in [5.41, 5.74) is 1.94. The second kappa shape index (κ2) is 7.57. The molecule has 1 aliphatic rings. The van der Waals surface area contributed by atoms with Gasteiger partial charge in [-0.25, -0.2) is 4.79 Å². The van der Waals surface area contributed by atoms with E-state index in [2.05, 4.69) is 0 Å². The normalized spacial score (nSPS) is 18.6. The lowest BCUT2D eigenvalue weighted by Crippen LogP contribution is -2.43. The highest BCUT2D eigenvalue weighted by Gasteiger charge is 2.39. The molecule has 6 heteroatoms. The molecule has 1 saturated heterocycles. The number of thiocarbonyl (C=S) groups is 1. The van der Waals surface area contributed by atoms with Gasteiger partial charge >= 0.3 is 5.97 Å². The maximum Gasteiger partial charge on any atom is 0.326 e. The number of allylic oxidation sites excluding steroid dienone is 2. The number of hydrogen-bond acceptors (Lipinski definition) is 4. The number of carbonyl (C=O) groups excluding carboxylic acids is 1. The SMILES string of the molecule is CC[C@@H](C(=O)O)N1C(=O)/C(=C/C(C)=C\c2ccccc2)SC1=S. The first-order chi connectivity index (χ1) is 10.9. The number of thioether (sulfide) groups is 1. The van der Waals surface area contributed by atoms with Crippen LogP contribution in [0.5, 0.6) is 0 Å². The van der Waals surface area contributed by atoms with E-state index in [1.165, 1.54) is 4.90 Å². The number of carboxylic acids is 1. The monoisotopic (exact) mass is 347 g/mol. The highest BCUT2D eigenvalue weighted by atomic mass is 32.2. The van der Waals surface area contributed by atoms with Crippen molar-refractivity contribution in [2.45, 2.75) is 26.3 Å². The minimum absolute atomic E-state index is 0.294. The van der Waals surface area contributed by atoms with Crippen molar-refractivity contribution in [2.24, 2.45) is 0 Å². The van der Waals surface area contributed by atoms with Crippen LogP contribution in [0.4, 0.5) is 0 Å². The maximum absolute atomic E-state index is 12.5. The van der Waals surface area contributed by atoms with Gasteiger partial charge in [0, 0.05) is 0 Å². The summed E-state index contributed by atoms with van der Waals surface area (Å²) < 4.78 is 0.294. The standard InChI is InChI=1S/C17H17NO3S2/c1-3-13(16(20)21)18-15(19)14(23-17(18)22)10-11(2)9-12-7-5-4-6-8-12/h4-10,13H,3H2,1-2H3,(H,20,21)/b11-9-,14-10-/t13-/m0/s1. The van der Waals surface area contributed by atoms with E-state index in [1.54, 1.807) is 13.0 Å². The Kier molecular flexibility index (Phi) is 5.74. The second-order valence-electron chi connectivity index (χ2n) is 5.11. The molecule has 1 amide bonds. The molecule has 1 fully saturated rings. The molecule has 1 atom stereocenters. The number of nitrogens with zero attached hydrogens (tertiary/aromatic N) is 1. The third-order valence-corrected chi connectivity index (χ3v) is 4.69. The van der Waals surface area contributed by atoms with Crippen LogP contribution in [0.2, 0.25) is 0 Å². The lowest BCUT2D eigenvalue weighted by Gasteiger charge is -2.21. The Morgan fingerprint density at radius 1 is 1.39 bits per heavy atom. The average molecular weight is 347 g/mol. The van der Waals surface area contributed by atoms with Gasteiger partial charge in [0.2, 0.25) is 0 Å². The van der Waals surface area contributed by atoms with Gasteiger partial charge in [0.1, 0.15) is 10.4 Å². The third-order valence-electron chi connectivity index (χ3n) is 3.36. The van der Waals surface area contributed by atoms with E-state index >= 15 is 0 Å². The van der Waals surface area contributed by atoms with Crippen LogP contribution in [0.3, 0.4) is 0 Å². The van der Waals surface area contributed by atoms with Crippen molar-refractivity contribution in [3.05, 3.63) is 52.4 Å². The van der Waals surface area contributed by atoms with Crippen LogP contribution in [-0.4, -0.2) is 32.2 Å². The van der Waals surface area contributed by atoms with Gasteiger partial charge < -0.3 is 5.11 Å². The second-order valence-corrected chi connectivity index (χ2v) is 6.79. The van der Waals surface area contributed by atoms with Gasteiger partial charge in [0.05, 0.1) is 4.91 Å². The van der Waals surface area contributed by atoms with E-state index in [-0.39, 0.29) is 5.91 Å². The summed E-state index contributed by atoms with van der Waals surface area (Å²) in [5.74, 6) is -1.38. The Morgan fingerprint density at radius 3 is 2.61 bits per heavy atom. The number of aliphatic carboxylic acids is 1. The van der Waals surface area contributed by atoms with Gasteiger partial charge in [-0.15, -0.1) is 0 Å². The van der Waals surface area contributed by atoms with E-state index < -0.39 is 12.0 Å². The minimum Gasteiger partial charge on any atom is -0.480 e. The van der Waals surface area contributed by atoms with Crippen molar-refractivity contribution in [3.8, 4) is 0 Å². The van der Waals surface area contributed by atoms with Crippen molar-refractivity contribution >= 4 is 46.3 Å². The molecule has 1 aromatic carbocycles. The summed E-state index contributed by atoms with van der Waals surface area (Å²) in [7, 11) is 0. The zero-order valence-electron chi connectivity index (χ0n) is 12.9. The molecule has 0 bridgehead atoms. The molecular weight excluding hydrogens is 330 g/mol. The fraction of sp³-hybridized carbons (Fsp3) is 0.235. The summed E-state index contributed by atoms with van der Waals surface area (Å²) in [5, 5.41) is 9.24. The number of carboxylic acid groups (broad SMARTS) is 1. The van der Waals surface area contributed by atoms with Gasteiger partial charge in [-0.2, -0.15) is 0 Å². The summed E-state index contributed by atoms with van der Waals surface area (Å²) in [6.07, 6.45) is 4.02. The van der Waals surface area contributed by atoms with Gasteiger partial charge in [-0.3, -0.25) is 9.69 Å². The van der Waals surface area contributed by atoms with E-state index in [4.69, 9.17) is 12.2 Å². The lowest BCUT2D eigenvalue weighted by atomic mass is 10.1. The third kappa shape index (κ3) is 4.09. The molecule has 120 valence electrons. The topological polar surface area (TPSA) is 57.6 Å². The Morgan fingerprint density at radius 2 is 2.04 bits per heavy atom. The van der Waals surface area contributed by atoms with E-state index in [0.717, 1.165) is 22.9 Å². The van der Waals surface area contributed by atoms with Crippen molar-refractivity contribution in [1.82, 2.24) is 4.90 Å². The van der Waals surface area contributed by atoms with Crippen LogP contribution in [-0.2, 0) is 9.59 Å². The van der Waals surface area contributed by atoms with Crippen molar-refractivity contribution in [1.29, 1.82) is 0 Å². The van der Waals surface area contributed by atoms with Crippen molar-refractivity contribution < 1.29 is 14.7 Å². The molecular formula is C17H17NO3S2. The molecule has 1 N–H and O–H groups in total. The summed E-state index contributed by atoms with van der Waals surface area (Å²) in [6.45, 7) is 3.62. The predicted molar refractivity (Wildman–Crippen MR) is 96.9 cm³/mol. The zero-order valence-corrected chi connectivity index (χ0v) is 14.5. The predicted octanol–water partition coefficient (Wildman–Crippen LogP) is 3.70. The van der Waals surface area contributed by atoms with Gasteiger partial charge in [0.25, 0.3) is 5.91 Å². The van der Waals surface area contributed by atoms with Crippen LogP contribution >= 0.6 is 24.0 Å². The highest BCUT2D eigenvalue weighted by molar-refractivity contribution is 8.26. The lowest BCUT2D eigenvalue weighted by molar-refractivity contribution is -0.145. The maximum atomic E-state index is 12.5. The first-order valence-electron chi connectivity index (χ1n) is 7.17. The smallest absolute Gasteiger partial charge is 0.326 e. The Balaban J connectivity index is 2.25. The molecule has 0 radical (unpaired) electrons. The summed E-state index contributed by atoms with van der Waals surface area (Å²) >= 11 is 6.33. The molecule has 0 aliphatic carbocycles. The van der Waals surface area contributed by atoms with Crippen molar-refractivity contribution in [2.75, 3.05) is 0 Å². The quantitative estimate of drug-likeness (QED) is 0.650. The van der Waals surface area contributed by atoms with Crippen LogP contribution in [0.1, 0.15) is 25.8 Å². The van der Waals surface area contributed by atoms with Gasteiger partial charge in [0.15, 0.2) is 0 Å². The first kappa shape index (κ1) is 17.4. The fourth-order valence-corrected chi connectivity index (χ4v) is 3.68. The molecule has 1 aromatic rings. The zero-order chi connectivity index (χ0) is 17.0. The first-order valence-corrected chi connectivity index (χ1v) is 8.39. The molecule has 1 aliphatic heterocycles. The average Bonchev–Trinajstić information content (AvgIpc) is 2.76. The Bertz CT molecular complexity index is 695. The fourth-order valence-electron chi connectivity index (χ4n) is 2.28. The summed E-state index contributed by atoms with van der Waals surface area (Å²) in [4.78, 5) is 25.4. The van der Waals surface area contributed by atoms with Crippen LogP contribution in [0, 0.1) is 0 Å². The van der Waals surface area contributed by atoms with Gasteiger partial charge in [-0.1, -0.05) is 67.3 Å². The van der Waals surface area contributed by atoms with Crippen LogP contribution in [0.15, 0.2) is 46.9 Å². The highest BCUT2D eigenvalue weighted by Crippen LogP contribution is 2.34. The largest absolute Gasteiger partial charge is 0.480 e. The van der Waals surface area contributed by atoms with Gasteiger partial charge in [-0.05, 0) is 30.6 Å². The number of benzene rings is 1. The number of rotatable bonds is 5. The van der Waals surface area contributed by atoms with Crippen molar-refractivity contribution in [3.63, 3.8) is 0 Å². The molecule has 2 rings (SSSR count).